The highest BCUT2D eigenvalue weighted by atomic mass is 35.5. The Balaban J connectivity index is -0.00000192. The molecular weight excluding hydrogens is 958 g/mol. The maximum absolute atomic E-state index is 13.3. The van der Waals surface area contributed by atoms with Crippen LogP contribution in [0.5, 0.6) is 0 Å². The lowest BCUT2D eigenvalue weighted by atomic mass is 10.1. The highest BCUT2D eigenvalue weighted by Crippen LogP contribution is 2.13. The molecule has 14 heteroatoms. The van der Waals surface area contributed by atoms with E-state index in [9.17, 15) is 4.79 Å². The third-order valence-electron chi connectivity index (χ3n) is 12.3. The summed E-state index contributed by atoms with van der Waals surface area (Å²) < 4.78 is 13.6. The fourth-order valence-electron chi connectivity index (χ4n) is 8.15. The highest BCUT2D eigenvalue weighted by molar-refractivity contribution is 5.86. The number of hydrogen-bond acceptors (Lipinski definition) is 7. The lowest BCUT2D eigenvalue weighted by Crippen LogP contribution is -3.00. The Bertz CT molecular complexity index is 1000. The van der Waals surface area contributed by atoms with Gasteiger partial charge in [-0.05, 0) is 123 Å². The summed E-state index contributed by atoms with van der Waals surface area (Å²) >= 11 is 0. The predicted molar refractivity (Wildman–Crippen MR) is 305 cm³/mol. The molecule has 0 radical (unpaired) electrons. The Kier molecular flexibility index (Phi) is 76.2. The van der Waals surface area contributed by atoms with Gasteiger partial charge in [0.15, 0.2) is 0 Å². The summed E-state index contributed by atoms with van der Waals surface area (Å²) in [5.74, 6) is 0.0840. The van der Waals surface area contributed by atoms with E-state index in [-0.39, 0.29) is 80.1 Å². The van der Waals surface area contributed by atoms with Gasteiger partial charge in [0.05, 0.1) is 39.8 Å². The Morgan fingerprint density at radius 3 is 1.41 bits per heavy atom. The second kappa shape index (κ2) is 65.1. The number of carbonyl (C=O) groups is 1. The van der Waals surface area contributed by atoms with Crippen molar-refractivity contribution in [2.75, 3.05) is 86.3 Å². The number of nitrogens with zero attached hydrogens (tertiary/aromatic N) is 1. The van der Waals surface area contributed by atoms with Crippen molar-refractivity contribution < 1.29 is 31.2 Å². The van der Waals surface area contributed by atoms with Crippen molar-refractivity contribution in [3.63, 3.8) is 0 Å². The van der Waals surface area contributed by atoms with Gasteiger partial charge in [-0.15, -0.1) is 49.6 Å². The Labute approximate surface area is 453 Å². The molecule has 0 bridgehead atoms. The first-order valence-corrected chi connectivity index (χ1v) is 27.3. The van der Waals surface area contributed by atoms with E-state index in [0.29, 0.717) is 26.2 Å². The molecule has 414 valence electrons. The molecular formula is C54H115Cl5N6O3. The van der Waals surface area contributed by atoms with Crippen LogP contribution >= 0.6 is 49.6 Å². The number of amides is 1. The molecule has 0 rings (SSSR count). The predicted octanol–water partition coefficient (Wildman–Crippen LogP) is 10.4. The van der Waals surface area contributed by atoms with E-state index in [4.69, 9.17) is 20.9 Å². The summed E-state index contributed by atoms with van der Waals surface area (Å²) in [4.78, 5) is 13.3. The number of rotatable bonds is 52. The third-order valence-corrected chi connectivity index (χ3v) is 12.3. The van der Waals surface area contributed by atoms with E-state index in [2.05, 4.69) is 68.2 Å². The minimum atomic E-state index is -0.203. The van der Waals surface area contributed by atoms with Gasteiger partial charge in [0.1, 0.15) is 12.6 Å². The second-order valence-corrected chi connectivity index (χ2v) is 19.3. The fraction of sp³-hybridized carbons (Fsp3) is 0.907. The first-order valence-electron chi connectivity index (χ1n) is 27.3. The second-order valence-electron chi connectivity index (χ2n) is 19.3. The van der Waals surface area contributed by atoms with Crippen LogP contribution in [0.1, 0.15) is 219 Å². The Hall–Kier alpha value is 0.120. The minimum absolute atomic E-state index is 0. The Morgan fingerprint density at radius 2 is 0.941 bits per heavy atom. The summed E-state index contributed by atoms with van der Waals surface area (Å²) in [5.41, 5.74) is 11.4. The van der Waals surface area contributed by atoms with Crippen LogP contribution in [0.3, 0.4) is 0 Å². The maximum Gasteiger partial charge on any atom is 0.237 e. The minimum Gasteiger partial charge on any atom is -1.00 e. The first-order chi connectivity index (χ1) is 30.9. The molecule has 0 saturated heterocycles. The lowest BCUT2D eigenvalue weighted by molar-refractivity contribution is -0.892. The monoisotopic (exact) mass is 1070 g/mol. The zero-order valence-electron chi connectivity index (χ0n) is 44.7. The van der Waals surface area contributed by atoms with E-state index < -0.39 is 0 Å². The topological polar surface area (TPSA) is 124 Å². The van der Waals surface area contributed by atoms with Crippen molar-refractivity contribution >= 4 is 55.5 Å². The standard InChI is InChI=1S/C54H110N6O3.5ClH/c1-5-7-9-11-13-15-17-19-21-23-25-27-29-31-33-35-48-62-51-52(63-49-36-34-32-30-28-26-24-22-20-18-16-14-12-10-8-6-2)50-60(3,4)47-46-59-54(61)53(58-45-39-42-56)40-37-43-57-44-38-41-55;;;;;/h19-22,52-53,57-58H,5-18,23-51,55-56H2,1-4H3;5*1H/b21-19-,22-20-;;;;;/t52?,53-;;;;;/m0...../s1. The summed E-state index contributed by atoms with van der Waals surface area (Å²) in [6, 6.07) is -0.203. The fourth-order valence-corrected chi connectivity index (χ4v) is 8.15. The van der Waals surface area contributed by atoms with Crippen LogP contribution in [0.4, 0.5) is 0 Å². The number of quaternary nitrogens is 1. The molecule has 0 fully saturated rings. The summed E-state index contributed by atoms with van der Waals surface area (Å²) in [5, 5.41) is 10.1. The van der Waals surface area contributed by atoms with Gasteiger partial charge in [0.2, 0.25) is 5.91 Å². The van der Waals surface area contributed by atoms with Crippen molar-refractivity contribution in [3.8, 4) is 0 Å². The number of allylic oxidation sites excluding steroid dienone is 4. The maximum atomic E-state index is 13.3. The number of unbranched alkanes of at least 4 members (excludes halogenated alkanes) is 24. The van der Waals surface area contributed by atoms with E-state index >= 15 is 0 Å². The Morgan fingerprint density at radius 1 is 0.529 bits per heavy atom. The smallest absolute Gasteiger partial charge is 0.237 e. The quantitative estimate of drug-likeness (QED) is 0.0234. The molecule has 7 N–H and O–H groups in total. The van der Waals surface area contributed by atoms with Gasteiger partial charge in [0, 0.05) is 13.2 Å². The van der Waals surface area contributed by atoms with Crippen LogP contribution < -0.4 is 39.8 Å². The number of halogens is 5. The van der Waals surface area contributed by atoms with Crippen LogP contribution in [0.15, 0.2) is 24.3 Å². The zero-order valence-corrected chi connectivity index (χ0v) is 48.7. The summed E-state index contributed by atoms with van der Waals surface area (Å²) in [6.07, 6.45) is 50.0. The van der Waals surface area contributed by atoms with E-state index in [0.717, 1.165) is 88.9 Å². The van der Waals surface area contributed by atoms with Crippen molar-refractivity contribution in [3.05, 3.63) is 24.3 Å². The van der Waals surface area contributed by atoms with Gasteiger partial charge in [-0.1, -0.05) is 154 Å². The normalized spacial score (nSPS) is 12.2. The average molecular weight is 1070 g/mol. The van der Waals surface area contributed by atoms with E-state index in [1.807, 2.05) is 0 Å². The van der Waals surface area contributed by atoms with Crippen molar-refractivity contribution in [2.24, 2.45) is 11.5 Å². The SMILES string of the molecule is CCCCCCCC/C=C\CCCCCCCCOCC(C[N+](C)(C)CCNC(=O)[C@H](CCCNCCCN)NCCCN)OCCCCCCCC/C=C\CCCCCCCC.Cl.Cl.Cl.Cl.[Cl-]. The molecule has 0 aromatic heterocycles. The van der Waals surface area contributed by atoms with Crippen LogP contribution in [-0.4, -0.2) is 109 Å². The highest BCUT2D eigenvalue weighted by Gasteiger charge is 2.24. The number of nitrogens with one attached hydrogen (secondary N) is 3. The molecule has 9 nitrogen and oxygen atoms in total. The zero-order chi connectivity index (χ0) is 46.0. The molecule has 0 aromatic carbocycles. The first kappa shape index (κ1) is 79.5. The van der Waals surface area contributed by atoms with Crippen molar-refractivity contribution in [1.82, 2.24) is 16.0 Å². The number of carbonyl (C=O) groups excluding carboxylic acids is 1. The molecule has 1 amide bonds. The third kappa shape index (κ3) is 60.4. The van der Waals surface area contributed by atoms with Crippen LogP contribution in [0, 0.1) is 0 Å². The molecule has 68 heavy (non-hydrogen) atoms. The van der Waals surface area contributed by atoms with E-state index in [1.54, 1.807) is 0 Å². The van der Waals surface area contributed by atoms with Gasteiger partial charge in [-0.2, -0.15) is 0 Å². The van der Waals surface area contributed by atoms with E-state index in [1.165, 1.54) is 167 Å². The molecule has 0 saturated carbocycles. The van der Waals surface area contributed by atoms with Crippen LogP contribution in [0.25, 0.3) is 0 Å². The van der Waals surface area contributed by atoms with Crippen molar-refractivity contribution in [2.45, 2.75) is 231 Å². The van der Waals surface area contributed by atoms with Gasteiger partial charge >= 0.3 is 0 Å². The van der Waals surface area contributed by atoms with Crippen LogP contribution in [-0.2, 0) is 14.3 Å². The molecule has 0 aliphatic heterocycles. The summed E-state index contributed by atoms with van der Waals surface area (Å²) in [7, 11) is 4.50. The van der Waals surface area contributed by atoms with Gasteiger partial charge < -0.3 is 53.8 Å². The molecule has 0 aliphatic carbocycles. The van der Waals surface area contributed by atoms with Crippen LogP contribution in [0.2, 0.25) is 0 Å². The number of ether oxygens (including phenoxy) is 2. The number of nitrogens with two attached hydrogens (primary N) is 2. The number of likely N-dealkylation sites (N-methyl/N-ethyl adjacent to an activating group) is 1. The molecule has 0 aromatic rings. The van der Waals surface area contributed by atoms with Gasteiger partial charge in [-0.25, -0.2) is 0 Å². The molecule has 0 spiro atoms. The summed E-state index contributed by atoms with van der Waals surface area (Å²) in [6.45, 7) is 13.0. The average Bonchev–Trinajstić information content (AvgIpc) is 3.27. The van der Waals surface area contributed by atoms with Crippen molar-refractivity contribution in [1.29, 1.82) is 0 Å². The van der Waals surface area contributed by atoms with Gasteiger partial charge in [-0.3, -0.25) is 4.79 Å². The molecule has 0 heterocycles. The molecule has 2 atom stereocenters. The molecule has 0 aliphatic rings. The largest absolute Gasteiger partial charge is 1.00 e. The molecule has 1 unspecified atom stereocenters. The van der Waals surface area contributed by atoms with Gasteiger partial charge in [0.25, 0.3) is 0 Å². The lowest BCUT2D eigenvalue weighted by Gasteiger charge is -2.33. The number of hydrogen-bond donors (Lipinski definition) is 5.